The van der Waals surface area contributed by atoms with Gasteiger partial charge in [0.15, 0.2) is 0 Å². The molecule has 0 saturated carbocycles. The van der Waals surface area contributed by atoms with Gasteiger partial charge in [-0.15, -0.1) is 0 Å². The number of likely N-dealkylation sites (N-methyl/N-ethyl adjacent to an activating group) is 1. The van der Waals surface area contributed by atoms with E-state index < -0.39 is 0 Å². The maximum Gasteiger partial charge on any atom is 0.407 e. The van der Waals surface area contributed by atoms with Crippen molar-refractivity contribution in [2.45, 2.75) is 41.5 Å². The first-order valence-corrected chi connectivity index (χ1v) is 5.92. The standard InChI is InChI=1S/C7H16N2O2.2C2H6.2H2/c1-3-8-5-6-11-7(10)9-4-2;2*1-2;;/h8H,3-6H2,1-2H3,(H,9,10);2*1-2H3;2*1H. The first kappa shape index (κ1) is 19.7. The van der Waals surface area contributed by atoms with Gasteiger partial charge in [0, 0.05) is 15.9 Å². The van der Waals surface area contributed by atoms with E-state index in [0.29, 0.717) is 19.7 Å². The van der Waals surface area contributed by atoms with Crippen molar-refractivity contribution in [3.63, 3.8) is 0 Å². The summed E-state index contributed by atoms with van der Waals surface area (Å²) in [7, 11) is 0. The van der Waals surface area contributed by atoms with Crippen molar-refractivity contribution in [1.29, 1.82) is 0 Å². The lowest BCUT2D eigenvalue weighted by Gasteiger charge is -2.04. The van der Waals surface area contributed by atoms with Crippen LogP contribution < -0.4 is 10.6 Å². The normalized spacial score (nSPS) is 7.60. The largest absolute Gasteiger partial charge is 0.448 e. The number of alkyl carbamates (subject to hydrolysis) is 1. The second kappa shape index (κ2) is 23.2. The van der Waals surface area contributed by atoms with Gasteiger partial charge in [-0.25, -0.2) is 4.79 Å². The van der Waals surface area contributed by atoms with E-state index >= 15 is 0 Å². The summed E-state index contributed by atoms with van der Waals surface area (Å²) in [5, 5.41) is 5.57. The Morgan fingerprint density at radius 1 is 1.13 bits per heavy atom. The minimum atomic E-state index is -0.342. The molecule has 0 aliphatic rings. The third-order valence-corrected chi connectivity index (χ3v) is 1.08. The van der Waals surface area contributed by atoms with Crippen molar-refractivity contribution >= 4 is 6.09 Å². The average molecular weight is 224 g/mol. The van der Waals surface area contributed by atoms with Crippen molar-refractivity contribution in [3.05, 3.63) is 0 Å². The molecule has 0 atom stereocenters. The average Bonchev–Trinajstić information content (AvgIpc) is 2.30. The van der Waals surface area contributed by atoms with E-state index in [2.05, 4.69) is 10.6 Å². The Morgan fingerprint density at radius 2 is 1.67 bits per heavy atom. The van der Waals surface area contributed by atoms with Gasteiger partial charge >= 0.3 is 6.09 Å². The van der Waals surface area contributed by atoms with Crippen LogP contribution in [0.2, 0.25) is 0 Å². The van der Waals surface area contributed by atoms with E-state index in [1.807, 2.05) is 41.5 Å². The monoisotopic (exact) mass is 224 g/mol. The molecule has 1 amide bonds. The minimum Gasteiger partial charge on any atom is -0.448 e. The number of amides is 1. The number of hydrogen-bond donors (Lipinski definition) is 2. The molecule has 0 rings (SSSR count). The van der Waals surface area contributed by atoms with Crippen LogP contribution in [0.4, 0.5) is 4.79 Å². The fourth-order valence-electron chi connectivity index (χ4n) is 0.588. The zero-order valence-corrected chi connectivity index (χ0v) is 11.1. The highest BCUT2D eigenvalue weighted by molar-refractivity contribution is 5.66. The molecule has 0 heterocycles. The summed E-state index contributed by atoms with van der Waals surface area (Å²) in [5.74, 6) is 0. The SMILES string of the molecule is CC.CC.CCNCCOC(=O)NCC.[HH].[HH]. The van der Waals surface area contributed by atoms with Crippen molar-refractivity contribution < 1.29 is 12.4 Å². The maximum atomic E-state index is 10.6. The molecular weight excluding hydrogens is 192 g/mol. The minimum absolute atomic E-state index is 0. The highest BCUT2D eigenvalue weighted by atomic mass is 16.5. The number of carbonyl (C=O) groups is 1. The second-order valence-electron chi connectivity index (χ2n) is 2.02. The molecule has 4 heteroatoms. The highest BCUT2D eigenvalue weighted by Crippen LogP contribution is 1.74. The highest BCUT2D eigenvalue weighted by Gasteiger charge is 1.96. The molecule has 2 N–H and O–H groups in total. The van der Waals surface area contributed by atoms with Gasteiger partial charge in [0.1, 0.15) is 6.61 Å². The molecule has 0 spiro atoms. The summed E-state index contributed by atoms with van der Waals surface area (Å²) >= 11 is 0. The Balaban J connectivity index is -0.0000000720. The van der Waals surface area contributed by atoms with Gasteiger partial charge in [-0.05, 0) is 13.5 Å². The predicted molar refractivity (Wildman–Crippen MR) is 70.5 cm³/mol. The lowest BCUT2D eigenvalue weighted by Crippen LogP contribution is -2.27. The summed E-state index contributed by atoms with van der Waals surface area (Å²) in [6.45, 7) is 14.5. The summed E-state index contributed by atoms with van der Waals surface area (Å²) < 4.78 is 4.77. The molecule has 15 heavy (non-hydrogen) atoms. The number of carbonyl (C=O) groups excluding carboxylic acids is 1. The number of ether oxygens (including phenoxy) is 1. The van der Waals surface area contributed by atoms with Crippen LogP contribution in [0.5, 0.6) is 0 Å². The quantitative estimate of drug-likeness (QED) is 0.706. The van der Waals surface area contributed by atoms with Gasteiger partial charge in [-0.2, -0.15) is 0 Å². The second-order valence-corrected chi connectivity index (χ2v) is 2.02. The van der Waals surface area contributed by atoms with Crippen LogP contribution in [-0.4, -0.2) is 32.3 Å². The van der Waals surface area contributed by atoms with E-state index in [-0.39, 0.29) is 8.95 Å². The van der Waals surface area contributed by atoms with Crippen molar-refractivity contribution in [2.24, 2.45) is 0 Å². The predicted octanol–water partition coefficient (Wildman–Crippen LogP) is 2.89. The van der Waals surface area contributed by atoms with E-state index in [0.717, 1.165) is 6.54 Å². The summed E-state index contributed by atoms with van der Waals surface area (Å²) in [6.07, 6.45) is -0.342. The first-order chi connectivity index (χ1) is 7.31. The molecule has 0 saturated heterocycles. The lowest BCUT2D eigenvalue weighted by atomic mass is 10.6. The van der Waals surface area contributed by atoms with Crippen molar-refractivity contribution in [3.8, 4) is 0 Å². The Labute approximate surface area is 97.7 Å². The van der Waals surface area contributed by atoms with E-state index in [1.165, 1.54) is 0 Å². The molecule has 0 aliphatic carbocycles. The summed E-state index contributed by atoms with van der Waals surface area (Å²) in [4.78, 5) is 10.6. The van der Waals surface area contributed by atoms with Crippen molar-refractivity contribution in [2.75, 3.05) is 26.2 Å². The van der Waals surface area contributed by atoms with Gasteiger partial charge in [-0.3, -0.25) is 0 Å². The van der Waals surface area contributed by atoms with E-state index in [9.17, 15) is 4.79 Å². The number of hydrogen-bond acceptors (Lipinski definition) is 3. The van der Waals surface area contributed by atoms with Gasteiger partial charge < -0.3 is 15.4 Å². The number of rotatable bonds is 5. The van der Waals surface area contributed by atoms with E-state index in [4.69, 9.17) is 4.74 Å². The Morgan fingerprint density at radius 3 is 2.07 bits per heavy atom. The fourth-order valence-corrected chi connectivity index (χ4v) is 0.588. The third kappa shape index (κ3) is 24.6. The molecular formula is C11H32N2O2. The molecule has 0 radical (unpaired) electrons. The maximum absolute atomic E-state index is 10.6. The molecule has 0 bridgehead atoms. The molecule has 0 aromatic rings. The first-order valence-electron chi connectivity index (χ1n) is 5.92. The Bertz CT molecular complexity index is 118. The Kier molecular flexibility index (Phi) is 30.6. The van der Waals surface area contributed by atoms with Crippen LogP contribution in [0, 0.1) is 0 Å². The van der Waals surface area contributed by atoms with Crippen LogP contribution in [-0.2, 0) is 4.74 Å². The zero-order chi connectivity index (χ0) is 12.5. The van der Waals surface area contributed by atoms with Gasteiger partial charge in [-0.1, -0.05) is 34.6 Å². The molecule has 0 aromatic carbocycles. The molecule has 98 valence electrons. The van der Waals surface area contributed by atoms with Crippen LogP contribution >= 0.6 is 0 Å². The third-order valence-electron chi connectivity index (χ3n) is 1.08. The molecule has 0 fully saturated rings. The van der Waals surface area contributed by atoms with Crippen molar-refractivity contribution in [1.82, 2.24) is 10.6 Å². The smallest absolute Gasteiger partial charge is 0.407 e. The lowest BCUT2D eigenvalue weighted by molar-refractivity contribution is 0.147. The Hall–Kier alpha value is -0.770. The number of nitrogens with one attached hydrogen (secondary N) is 2. The topological polar surface area (TPSA) is 50.4 Å². The van der Waals surface area contributed by atoms with Gasteiger partial charge in [0.2, 0.25) is 0 Å². The van der Waals surface area contributed by atoms with Gasteiger partial charge in [0.05, 0.1) is 0 Å². The molecule has 0 unspecified atom stereocenters. The summed E-state index contributed by atoms with van der Waals surface area (Å²) in [6, 6.07) is 0. The summed E-state index contributed by atoms with van der Waals surface area (Å²) in [5.41, 5.74) is 0. The molecule has 0 aromatic heterocycles. The van der Waals surface area contributed by atoms with Crippen LogP contribution in [0.15, 0.2) is 0 Å². The van der Waals surface area contributed by atoms with Crippen LogP contribution in [0.1, 0.15) is 44.4 Å². The van der Waals surface area contributed by atoms with Gasteiger partial charge in [0.25, 0.3) is 0 Å². The zero-order valence-electron chi connectivity index (χ0n) is 11.1. The van der Waals surface area contributed by atoms with E-state index in [1.54, 1.807) is 0 Å². The fraction of sp³-hybridized carbons (Fsp3) is 0.909. The molecule has 4 nitrogen and oxygen atoms in total. The van der Waals surface area contributed by atoms with Crippen LogP contribution in [0.3, 0.4) is 0 Å². The van der Waals surface area contributed by atoms with Crippen LogP contribution in [0.25, 0.3) is 0 Å². The molecule has 0 aliphatic heterocycles.